The van der Waals surface area contributed by atoms with Crippen LogP contribution in [0.4, 0.5) is 4.39 Å². The van der Waals surface area contributed by atoms with Gasteiger partial charge in [-0.25, -0.2) is 4.39 Å². The molecule has 0 aromatic heterocycles. The predicted molar refractivity (Wildman–Crippen MR) is 64.0 cm³/mol. The third-order valence-electron chi connectivity index (χ3n) is 2.22. The van der Waals surface area contributed by atoms with Crippen LogP contribution in [-0.2, 0) is 0 Å². The fourth-order valence-electron chi connectivity index (χ4n) is 1.40. The van der Waals surface area contributed by atoms with E-state index in [4.69, 9.17) is 0 Å². The number of rotatable bonds is 2. The van der Waals surface area contributed by atoms with Crippen LogP contribution in [0.15, 0.2) is 53.0 Å². The number of halogens is 2. The van der Waals surface area contributed by atoms with Crippen molar-refractivity contribution < 1.29 is 9.18 Å². The minimum absolute atomic E-state index is 0.102. The molecule has 0 saturated heterocycles. The van der Waals surface area contributed by atoms with Gasteiger partial charge in [0.1, 0.15) is 5.82 Å². The topological polar surface area (TPSA) is 17.1 Å². The zero-order valence-electron chi connectivity index (χ0n) is 8.28. The van der Waals surface area contributed by atoms with Crippen LogP contribution in [0.25, 0.3) is 0 Å². The second-order valence-corrected chi connectivity index (χ2v) is 4.23. The first-order valence-electron chi connectivity index (χ1n) is 4.73. The molecule has 1 nitrogen and oxygen atoms in total. The van der Waals surface area contributed by atoms with Gasteiger partial charge in [0.05, 0.1) is 5.56 Å². The van der Waals surface area contributed by atoms with E-state index in [2.05, 4.69) is 15.9 Å². The first kappa shape index (κ1) is 11.0. The Kier molecular flexibility index (Phi) is 3.15. The lowest BCUT2D eigenvalue weighted by atomic mass is 10.0. The first-order valence-corrected chi connectivity index (χ1v) is 5.52. The summed E-state index contributed by atoms with van der Waals surface area (Å²) in [4.78, 5) is 11.9. The van der Waals surface area contributed by atoms with Crippen molar-refractivity contribution in [2.45, 2.75) is 0 Å². The largest absolute Gasteiger partial charge is 0.288 e. The van der Waals surface area contributed by atoms with E-state index >= 15 is 0 Å². The highest BCUT2D eigenvalue weighted by Gasteiger charge is 2.12. The smallest absolute Gasteiger partial charge is 0.195 e. The number of benzene rings is 2. The molecule has 0 amide bonds. The van der Waals surface area contributed by atoms with Crippen LogP contribution in [0, 0.1) is 5.82 Å². The lowest BCUT2D eigenvalue weighted by molar-refractivity contribution is 0.103. The van der Waals surface area contributed by atoms with Gasteiger partial charge in [-0.1, -0.05) is 28.1 Å². The summed E-state index contributed by atoms with van der Waals surface area (Å²) in [5.41, 5.74) is 0.582. The molecule has 0 aliphatic heterocycles. The van der Waals surface area contributed by atoms with Crippen molar-refractivity contribution in [2.24, 2.45) is 0 Å². The zero-order chi connectivity index (χ0) is 11.5. The fraction of sp³-hybridized carbons (Fsp3) is 0. The minimum Gasteiger partial charge on any atom is -0.288 e. The van der Waals surface area contributed by atoms with E-state index in [1.807, 2.05) is 0 Å². The Labute approximate surface area is 101 Å². The second-order valence-electron chi connectivity index (χ2n) is 3.32. The summed E-state index contributed by atoms with van der Waals surface area (Å²) in [6.45, 7) is 0. The number of carbonyl (C=O) groups is 1. The Bertz CT molecular complexity index is 520. The van der Waals surface area contributed by atoms with Gasteiger partial charge in [-0.05, 0) is 36.4 Å². The van der Waals surface area contributed by atoms with Crippen molar-refractivity contribution in [3.63, 3.8) is 0 Å². The number of hydrogen-bond acceptors (Lipinski definition) is 1. The van der Waals surface area contributed by atoms with E-state index in [9.17, 15) is 9.18 Å². The van der Waals surface area contributed by atoms with Gasteiger partial charge in [0.25, 0.3) is 0 Å². The van der Waals surface area contributed by atoms with Crippen molar-refractivity contribution in [3.05, 3.63) is 69.9 Å². The Balaban J connectivity index is 2.40. The molecule has 0 saturated carbocycles. The summed E-state index contributed by atoms with van der Waals surface area (Å²) < 4.78 is 14.3. The summed E-state index contributed by atoms with van der Waals surface area (Å²) in [5.74, 6) is -0.791. The van der Waals surface area contributed by atoms with Gasteiger partial charge in [-0.15, -0.1) is 0 Å². The molecular formula is C13H8BrFO. The molecule has 0 aliphatic rings. The van der Waals surface area contributed by atoms with E-state index in [0.717, 1.165) is 4.47 Å². The van der Waals surface area contributed by atoms with Crippen molar-refractivity contribution in [1.29, 1.82) is 0 Å². The van der Waals surface area contributed by atoms with E-state index in [0.29, 0.717) is 5.56 Å². The number of ketones is 1. The van der Waals surface area contributed by atoms with Crippen LogP contribution in [0.3, 0.4) is 0 Å². The lowest BCUT2D eigenvalue weighted by Gasteiger charge is -2.02. The molecule has 2 aromatic carbocycles. The lowest BCUT2D eigenvalue weighted by Crippen LogP contribution is -2.03. The molecule has 0 aliphatic carbocycles. The molecule has 3 heteroatoms. The average Bonchev–Trinajstić information content (AvgIpc) is 2.30. The molecule has 16 heavy (non-hydrogen) atoms. The van der Waals surface area contributed by atoms with Gasteiger partial charge < -0.3 is 0 Å². The van der Waals surface area contributed by atoms with Crippen LogP contribution in [0.5, 0.6) is 0 Å². The Morgan fingerprint density at radius 1 is 1.00 bits per heavy atom. The number of carbonyl (C=O) groups excluding carboxylic acids is 1. The molecule has 0 radical (unpaired) electrons. The van der Waals surface area contributed by atoms with Crippen molar-refractivity contribution in [2.75, 3.05) is 0 Å². The second kappa shape index (κ2) is 4.58. The van der Waals surface area contributed by atoms with E-state index in [-0.39, 0.29) is 11.3 Å². The Hall–Kier alpha value is -1.48. The molecule has 0 N–H and O–H groups in total. The molecule has 2 aromatic rings. The van der Waals surface area contributed by atoms with Crippen molar-refractivity contribution in [3.8, 4) is 0 Å². The molecule has 0 atom stereocenters. The minimum atomic E-state index is -0.490. The first-order chi connectivity index (χ1) is 7.68. The van der Waals surface area contributed by atoms with Gasteiger partial charge in [0.2, 0.25) is 0 Å². The standard InChI is InChI=1S/C13H8BrFO/c14-10-7-5-9(6-8-10)13(16)11-3-1-2-4-12(11)15/h1-8H. The van der Waals surface area contributed by atoms with E-state index in [1.54, 1.807) is 36.4 Å². The SMILES string of the molecule is O=C(c1ccc(Br)cc1)c1ccccc1F. The maximum absolute atomic E-state index is 13.4. The summed E-state index contributed by atoms with van der Waals surface area (Å²) in [6.07, 6.45) is 0. The van der Waals surface area contributed by atoms with Gasteiger partial charge in [-0.3, -0.25) is 4.79 Å². The highest BCUT2D eigenvalue weighted by Crippen LogP contribution is 2.16. The predicted octanol–water partition coefficient (Wildman–Crippen LogP) is 3.82. The number of hydrogen-bond donors (Lipinski definition) is 0. The molecule has 0 spiro atoms. The maximum atomic E-state index is 13.4. The average molecular weight is 279 g/mol. The molecule has 2 rings (SSSR count). The highest BCUT2D eigenvalue weighted by molar-refractivity contribution is 9.10. The molecule has 0 bridgehead atoms. The van der Waals surface area contributed by atoms with Crippen molar-refractivity contribution >= 4 is 21.7 Å². The quantitative estimate of drug-likeness (QED) is 0.764. The monoisotopic (exact) mass is 278 g/mol. The summed E-state index contributed by atoms with van der Waals surface area (Å²) >= 11 is 3.28. The molecule has 0 heterocycles. The van der Waals surface area contributed by atoms with Crippen LogP contribution in [0.2, 0.25) is 0 Å². The highest BCUT2D eigenvalue weighted by atomic mass is 79.9. The van der Waals surface area contributed by atoms with Crippen LogP contribution >= 0.6 is 15.9 Å². The van der Waals surface area contributed by atoms with E-state index in [1.165, 1.54) is 12.1 Å². The van der Waals surface area contributed by atoms with Crippen LogP contribution < -0.4 is 0 Å². The maximum Gasteiger partial charge on any atom is 0.195 e. The summed E-state index contributed by atoms with van der Waals surface area (Å²) in [5, 5.41) is 0. The molecule has 0 fully saturated rings. The van der Waals surface area contributed by atoms with Gasteiger partial charge in [0, 0.05) is 10.0 Å². The Morgan fingerprint density at radius 3 is 2.25 bits per heavy atom. The van der Waals surface area contributed by atoms with Gasteiger partial charge >= 0.3 is 0 Å². The normalized spacial score (nSPS) is 10.1. The third kappa shape index (κ3) is 2.19. The fourth-order valence-corrected chi connectivity index (χ4v) is 1.67. The van der Waals surface area contributed by atoms with Gasteiger partial charge in [0.15, 0.2) is 5.78 Å². The van der Waals surface area contributed by atoms with Crippen LogP contribution in [0.1, 0.15) is 15.9 Å². The molecule has 80 valence electrons. The summed E-state index contributed by atoms with van der Waals surface area (Å²) in [6, 6.07) is 12.8. The zero-order valence-corrected chi connectivity index (χ0v) is 9.87. The summed E-state index contributed by atoms with van der Waals surface area (Å²) in [7, 11) is 0. The van der Waals surface area contributed by atoms with Crippen molar-refractivity contribution in [1.82, 2.24) is 0 Å². The van der Waals surface area contributed by atoms with Gasteiger partial charge in [-0.2, -0.15) is 0 Å². The molecular weight excluding hydrogens is 271 g/mol. The molecule has 0 unspecified atom stereocenters. The van der Waals surface area contributed by atoms with E-state index < -0.39 is 5.82 Å². The third-order valence-corrected chi connectivity index (χ3v) is 2.75. The van der Waals surface area contributed by atoms with Crippen LogP contribution in [-0.4, -0.2) is 5.78 Å². The Morgan fingerprint density at radius 2 is 1.62 bits per heavy atom.